The molecule has 0 aliphatic heterocycles. The van der Waals surface area contributed by atoms with Gasteiger partial charge in [-0.25, -0.2) is 0 Å². The second-order valence-corrected chi connectivity index (χ2v) is 5.94. The van der Waals surface area contributed by atoms with E-state index >= 15 is 0 Å². The summed E-state index contributed by atoms with van der Waals surface area (Å²) < 4.78 is 0.979. The van der Waals surface area contributed by atoms with Gasteiger partial charge in [0.15, 0.2) is 5.43 Å². The summed E-state index contributed by atoms with van der Waals surface area (Å²) in [5, 5.41) is 0.852. The minimum Gasteiger partial charge on any atom is -0.357 e. The van der Waals surface area contributed by atoms with Crippen molar-refractivity contribution in [3.63, 3.8) is 0 Å². The molecule has 0 radical (unpaired) electrons. The van der Waals surface area contributed by atoms with Crippen LogP contribution in [0, 0.1) is 6.92 Å². The van der Waals surface area contributed by atoms with Gasteiger partial charge >= 0.3 is 0 Å². The predicted molar refractivity (Wildman–Crippen MR) is 78.3 cm³/mol. The van der Waals surface area contributed by atoms with Crippen LogP contribution in [0.1, 0.15) is 36.1 Å². The molecule has 0 atom stereocenters. The molecule has 0 fully saturated rings. The van der Waals surface area contributed by atoms with Gasteiger partial charge < -0.3 is 4.98 Å². The highest BCUT2D eigenvalue weighted by Gasteiger charge is 2.16. The number of benzene rings is 1. The smallest absolute Gasteiger partial charge is 0.193 e. The van der Waals surface area contributed by atoms with Crippen LogP contribution in [-0.4, -0.2) is 4.98 Å². The van der Waals surface area contributed by atoms with Gasteiger partial charge in [0, 0.05) is 21.1 Å². The van der Waals surface area contributed by atoms with E-state index in [-0.39, 0.29) is 5.43 Å². The molecule has 0 amide bonds. The van der Waals surface area contributed by atoms with Gasteiger partial charge in [-0.3, -0.25) is 4.79 Å². The molecule has 94 valence electrons. The fraction of sp³-hybridized carbons (Fsp3) is 0.400. The van der Waals surface area contributed by atoms with Crippen molar-refractivity contribution in [2.75, 3.05) is 0 Å². The minimum absolute atomic E-state index is 0.236. The van der Waals surface area contributed by atoms with Crippen LogP contribution in [-0.2, 0) is 12.8 Å². The molecule has 0 saturated carbocycles. The van der Waals surface area contributed by atoms with Crippen LogP contribution in [0.3, 0.4) is 0 Å². The number of aryl methyl sites for hydroxylation is 2. The Morgan fingerprint density at radius 2 is 1.94 bits per heavy atom. The van der Waals surface area contributed by atoms with Crippen LogP contribution in [0.2, 0.25) is 0 Å². The second kappa shape index (κ2) is 4.54. The SMILES string of the molecule is Cc1ccc(Br)c2[nH]c3c(c(=O)c12)CCCCC3. The van der Waals surface area contributed by atoms with Crippen molar-refractivity contribution in [1.82, 2.24) is 4.98 Å². The van der Waals surface area contributed by atoms with E-state index in [0.29, 0.717) is 0 Å². The summed E-state index contributed by atoms with van der Waals surface area (Å²) in [5.41, 5.74) is 4.42. The van der Waals surface area contributed by atoms with E-state index in [1.807, 2.05) is 19.1 Å². The van der Waals surface area contributed by atoms with Crippen molar-refractivity contribution in [3.8, 4) is 0 Å². The first kappa shape index (κ1) is 12.0. The molecule has 3 rings (SSSR count). The normalized spacial score (nSPS) is 15.4. The van der Waals surface area contributed by atoms with Crippen molar-refractivity contribution < 1.29 is 0 Å². The summed E-state index contributed by atoms with van der Waals surface area (Å²) in [7, 11) is 0. The molecule has 0 unspecified atom stereocenters. The second-order valence-electron chi connectivity index (χ2n) is 5.09. The molecule has 18 heavy (non-hydrogen) atoms. The fourth-order valence-corrected chi connectivity index (χ4v) is 3.30. The van der Waals surface area contributed by atoms with Crippen molar-refractivity contribution in [2.24, 2.45) is 0 Å². The Morgan fingerprint density at radius 3 is 2.78 bits per heavy atom. The number of halogens is 1. The van der Waals surface area contributed by atoms with Gasteiger partial charge in [0.05, 0.1) is 5.52 Å². The molecule has 1 aliphatic rings. The molecule has 0 saturated heterocycles. The quantitative estimate of drug-likeness (QED) is 0.736. The summed E-state index contributed by atoms with van der Waals surface area (Å²) in [6.07, 6.45) is 5.46. The highest BCUT2D eigenvalue weighted by atomic mass is 79.9. The molecule has 1 heterocycles. The molecule has 2 nitrogen and oxygen atoms in total. The van der Waals surface area contributed by atoms with E-state index in [2.05, 4.69) is 20.9 Å². The standard InChI is InChI=1S/C15H16BrNO/c1-9-7-8-11(16)14-13(9)15(18)10-5-3-2-4-6-12(10)17-14/h7-8H,2-6H2,1H3,(H,17,18). The number of hydrogen-bond acceptors (Lipinski definition) is 1. The highest BCUT2D eigenvalue weighted by Crippen LogP contribution is 2.26. The van der Waals surface area contributed by atoms with Crippen LogP contribution < -0.4 is 5.43 Å². The lowest BCUT2D eigenvalue weighted by Crippen LogP contribution is -2.15. The van der Waals surface area contributed by atoms with Gasteiger partial charge in [-0.15, -0.1) is 0 Å². The first-order chi connectivity index (χ1) is 8.68. The Labute approximate surface area is 115 Å². The molecule has 1 aliphatic carbocycles. The van der Waals surface area contributed by atoms with E-state index in [1.165, 1.54) is 12.8 Å². The van der Waals surface area contributed by atoms with E-state index < -0.39 is 0 Å². The van der Waals surface area contributed by atoms with Gasteiger partial charge in [-0.2, -0.15) is 0 Å². The Bertz CT molecular complexity index is 672. The molecule has 1 aromatic carbocycles. The largest absolute Gasteiger partial charge is 0.357 e. The van der Waals surface area contributed by atoms with Crippen molar-refractivity contribution in [1.29, 1.82) is 0 Å². The lowest BCUT2D eigenvalue weighted by molar-refractivity contribution is 0.708. The van der Waals surface area contributed by atoms with Gasteiger partial charge in [-0.05, 0) is 60.2 Å². The number of fused-ring (bicyclic) bond motifs is 2. The number of aromatic nitrogens is 1. The molecule has 1 N–H and O–H groups in total. The molecular formula is C15H16BrNO. The van der Waals surface area contributed by atoms with E-state index in [0.717, 1.165) is 51.5 Å². The van der Waals surface area contributed by atoms with E-state index in [1.54, 1.807) is 0 Å². The van der Waals surface area contributed by atoms with Gasteiger partial charge in [-0.1, -0.05) is 12.5 Å². The van der Waals surface area contributed by atoms with Gasteiger partial charge in [0.2, 0.25) is 0 Å². The van der Waals surface area contributed by atoms with Gasteiger partial charge in [0.25, 0.3) is 0 Å². The summed E-state index contributed by atoms with van der Waals surface area (Å²) >= 11 is 3.54. The highest BCUT2D eigenvalue weighted by molar-refractivity contribution is 9.10. The summed E-state index contributed by atoms with van der Waals surface area (Å²) in [6, 6.07) is 4.02. The number of rotatable bonds is 0. The number of hydrogen-bond donors (Lipinski definition) is 1. The summed E-state index contributed by atoms with van der Waals surface area (Å²) in [5.74, 6) is 0. The molecule has 3 heteroatoms. The zero-order chi connectivity index (χ0) is 12.7. The maximum absolute atomic E-state index is 12.7. The lowest BCUT2D eigenvalue weighted by Gasteiger charge is -2.11. The molecule has 1 aromatic heterocycles. The van der Waals surface area contributed by atoms with Crippen LogP contribution in [0.4, 0.5) is 0 Å². The number of pyridine rings is 1. The van der Waals surface area contributed by atoms with E-state index in [4.69, 9.17) is 0 Å². The Kier molecular flexibility index (Phi) is 3.02. The zero-order valence-electron chi connectivity index (χ0n) is 10.5. The number of aromatic amines is 1. The van der Waals surface area contributed by atoms with Crippen molar-refractivity contribution in [2.45, 2.75) is 39.0 Å². The molecular weight excluding hydrogens is 290 g/mol. The summed E-state index contributed by atoms with van der Waals surface area (Å²) in [4.78, 5) is 16.1. The average molecular weight is 306 g/mol. The third-order valence-corrected chi connectivity index (χ3v) is 4.52. The van der Waals surface area contributed by atoms with Crippen LogP contribution in [0.25, 0.3) is 10.9 Å². The van der Waals surface area contributed by atoms with Crippen molar-refractivity contribution >= 4 is 26.8 Å². The Balaban J connectivity index is 2.42. The monoisotopic (exact) mass is 305 g/mol. The van der Waals surface area contributed by atoms with Crippen molar-refractivity contribution in [3.05, 3.63) is 43.6 Å². The molecule has 0 spiro atoms. The molecule has 0 bridgehead atoms. The van der Waals surface area contributed by atoms with E-state index in [9.17, 15) is 4.79 Å². The van der Waals surface area contributed by atoms with Crippen LogP contribution in [0.5, 0.6) is 0 Å². The average Bonchev–Trinajstić information content (AvgIpc) is 2.59. The van der Waals surface area contributed by atoms with Crippen LogP contribution in [0.15, 0.2) is 21.4 Å². The maximum atomic E-state index is 12.7. The third kappa shape index (κ3) is 1.81. The Morgan fingerprint density at radius 1 is 1.17 bits per heavy atom. The fourth-order valence-electron chi connectivity index (χ4n) is 2.87. The predicted octanol–water partition coefficient (Wildman–Crippen LogP) is 3.87. The first-order valence-electron chi connectivity index (χ1n) is 6.51. The topological polar surface area (TPSA) is 32.9 Å². The first-order valence-corrected chi connectivity index (χ1v) is 7.30. The maximum Gasteiger partial charge on any atom is 0.193 e. The number of H-pyrrole nitrogens is 1. The zero-order valence-corrected chi connectivity index (χ0v) is 12.1. The summed E-state index contributed by atoms with van der Waals surface area (Å²) in [6.45, 7) is 2.01. The molecule has 2 aromatic rings. The minimum atomic E-state index is 0.236. The van der Waals surface area contributed by atoms with Gasteiger partial charge in [0.1, 0.15) is 0 Å². The lowest BCUT2D eigenvalue weighted by atomic mass is 10.0. The van der Waals surface area contributed by atoms with Crippen LogP contribution >= 0.6 is 15.9 Å². The third-order valence-electron chi connectivity index (χ3n) is 3.86. The number of nitrogens with one attached hydrogen (secondary N) is 1. The Hall–Kier alpha value is -1.09.